The van der Waals surface area contributed by atoms with Gasteiger partial charge in [0.15, 0.2) is 0 Å². The fourth-order valence-electron chi connectivity index (χ4n) is 3.08. The molecule has 0 saturated carbocycles. The van der Waals surface area contributed by atoms with E-state index in [2.05, 4.69) is 17.1 Å². The Balaban J connectivity index is 1.52. The molecule has 3 nitrogen and oxygen atoms in total. The Morgan fingerprint density at radius 3 is 2.71 bits per heavy atom. The van der Waals surface area contributed by atoms with Crippen molar-refractivity contribution in [2.75, 3.05) is 32.8 Å². The zero-order valence-electron chi connectivity index (χ0n) is 8.96. The highest BCUT2D eigenvalue weighted by Crippen LogP contribution is 2.39. The maximum atomic E-state index is 5.30. The van der Waals surface area contributed by atoms with E-state index in [9.17, 15) is 0 Å². The summed E-state index contributed by atoms with van der Waals surface area (Å²) in [4.78, 5) is 2.67. The number of likely N-dealkylation sites (tertiary alicyclic amines) is 1. The van der Waals surface area contributed by atoms with E-state index in [1.165, 1.54) is 32.5 Å². The first-order valence-corrected chi connectivity index (χ1v) is 5.83. The van der Waals surface area contributed by atoms with Crippen LogP contribution >= 0.6 is 0 Å². The van der Waals surface area contributed by atoms with Crippen molar-refractivity contribution in [1.29, 1.82) is 0 Å². The third-order valence-electron chi connectivity index (χ3n) is 4.01. The van der Waals surface area contributed by atoms with Gasteiger partial charge in [-0.15, -0.1) is 0 Å². The van der Waals surface area contributed by atoms with Gasteiger partial charge in [-0.05, 0) is 26.3 Å². The van der Waals surface area contributed by atoms with Gasteiger partial charge < -0.3 is 10.1 Å². The monoisotopic (exact) mass is 196 g/mol. The van der Waals surface area contributed by atoms with E-state index >= 15 is 0 Å². The smallest absolute Gasteiger partial charge is 0.0569 e. The van der Waals surface area contributed by atoms with Crippen LogP contribution in [0.3, 0.4) is 0 Å². The van der Waals surface area contributed by atoms with Crippen LogP contribution < -0.4 is 5.32 Å². The summed E-state index contributed by atoms with van der Waals surface area (Å²) >= 11 is 0. The minimum atomic E-state index is 0.591. The van der Waals surface area contributed by atoms with Gasteiger partial charge in [-0.3, -0.25) is 4.90 Å². The molecule has 0 radical (unpaired) electrons. The topological polar surface area (TPSA) is 24.5 Å². The van der Waals surface area contributed by atoms with E-state index in [0.29, 0.717) is 11.5 Å². The zero-order chi connectivity index (χ0) is 9.60. The normalized spacial score (nSPS) is 41.8. The summed E-state index contributed by atoms with van der Waals surface area (Å²) in [5, 5.41) is 3.51. The van der Waals surface area contributed by atoms with Crippen LogP contribution in [0.5, 0.6) is 0 Å². The SMILES string of the molecule is CC1CC(N2CC3(COC3)C2)CCN1. The van der Waals surface area contributed by atoms with Crippen molar-refractivity contribution in [3.63, 3.8) is 0 Å². The van der Waals surface area contributed by atoms with Gasteiger partial charge >= 0.3 is 0 Å². The fraction of sp³-hybridized carbons (Fsp3) is 1.00. The van der Waals surface area contributed by atoms with Gasteiger partial charge in [0.1, 0.15) is 0 Å². The molecule has 0 aromatic carbocycles. The standard InChI is InChI=1S/C11H20N2O/c1-9-4-10(2-3-12-9)13-5-11(6-13)7-14-8-11/h9-10,12H,2-8H2,1H3. The predicted octanol–water partition coefficient (Wildman–Crippen LogP) is 0.459. The highest BCUT2D eigenvalue weighted by Gasteiger charge is 2.50. The van der Waals surface area contributed by atoms with Crippen LogP contribution in [0.15, 0.2) is 0 Å². The molecule has 1 N–H and O–H groups in total. The number of rotatable bonds is 1. The molecule has 0 amide bonds. The Bertz CT molecular complexity index is 219. The number of nitrogens with one attached hydrogen (secondary N) is 1. The van der Waals surface area contributed by atoms with Gasteiger partial charge in [0, 0.05) is 30.6 Å². The van der Waals surface area contributed by atoms with E-state index in [-0.39, 0.29) is 0 Å². The molecule has 0 aromatic heterocycles. The molecule has 3 rings (SSSR count). The van der Waals surface area contributed by atoms with Crippen molar-refractivity contribution >= 4 is 0 Å². The lowest BCUT2D eigenvalue weighted by Gasteiger charge is -2.58. The summed E-state index contributed by atoms with van der Waals surface area (Å²) < 4.78 is 5.30. The molecule has 3 saturated heterocycles. The first-order valence-electron chi connectivity index (χ1n) is 5.83. The maximum Gasteiger partial charge on any atom is 0.0569 e. The summed E-state index contributed by atoms with van der Waals surface area (Å²) in [5.41, 5.74) is 0.591. The number of hydrogen-bond acceptors (Lipinski definition) is 3. The average molecular weight is 196 g/mol. The van der Waals surface area contributed by atoms with E-state index < -0.39 is 0 Å². The fourth-order valence-corrected chi connectivity index (χ4v) is 3.08. The maximum absolute atomic E-state index is 5.30. The second-order valence-electron chi connectivity index (χ2n) is 5.43. The molecule has 0 aliphatic carbocycles. The Labute approximate surface area is 85.8 Å². The number of hydrogen-bond donors (Lipinski definition) is 1. The molecule has 1 spiro atoms. The highest BCUT2D eigenvalue weighted by molar-refractivity contribution is 5.02. The van der Waals surface area contributed by atoms with Crippen molar-refractivity contribution in [3.8, 4) is 0 Å². The van der Waals surface area contributed by atoms with Crippen molar-refractivity contribution in [2.24, 2.45) is 5.41 Å². The molecule has 3 aliphatic rings. The molecular weight excluding hydrogens is 176 g/mol. The molecule has 2 atom stereocenters. The second kappa shape index (κ2) is 3.19. The average Bonchev–Trinajstić information content (AvgIpc) is 1.98. The Kier molecular flexibility index (Phi) is 2.08. The van der Waals surface area contributed by atoms with Gasteiger partial charge in [0.05, 0.1) is 13.2 Å². The molecule has 3 heteroatoms. The molecule has 3 aliphatic heterocycles. The second-order valence-corrected chi connectivity index (χ2v) is 5.43. The minimum absolute atomic E-state index is 0.591. The minimum Gasteiger partial charge on any atom is -0.380 e. The summed E-state index contributed by atoms with van der Waals surface area (Å²) in [6, 6.07) is 1.56. The molecule has 0 aromatic rings. The van der Waals surface area contributed by atoms with Crippen LogP contribution in [0.1, 0.15) is 19.8 Å². The van der Waals surface area contributed by atoms with Crippen LogP contribution in [0.4, 0.5) is 0 Å². The quantitative estimate of drug-likeness (QED) is 0.659. The Morgan fingerprint density at radius 2 is 2.14 bits per heavy atom. The number of nitrogens with zero attached hydrogens (tertiary/aromatic N) is 1. The first-order chi connectivity index (χ1) is 6.77. The lowest BCUT2D eigenvalue weighted by Crippen LogP contribution is -2.69. The van der Waals surface area contributed by atoms with Crippen LogP contribution in [-0.4, -0.2) is 49.8 Å². The molecule has 3 heterocycles. The van der Waals surface area contributed by atoms with Crippen molar-refractivity contribution < 1.29 is 4.74 Å². The zero-order valence-corrected chi connectivity index (χ0v) is 8.96. The van der Waals surface area contributed by atoms with Crippen LogP contribution in [0.2, 0.25) is 0 Å². The van der Waals surface area contributed by atoms with Crippen LogP contribution in [0, 0.1) is 5.41 Å². The third kappa shape index (κ3) is 1.38. The molecule has 2 unspecified atom stereocenters. The van der Waals surface area contributed by atoms with E-state index in [4.69, 9.17) is 4.74 Å². The molecule has 0 bridgehead atoms. The van der Waals surface area contributed by atoms with Crippen molar-refractivity contribution in [2.45, 2.75) is 31.8 Å². The summed E-state index contributed by atoms with van der Waals surface area (Å²) in [6.07, 6.45) is 2.66. The predicted molar refractivity (Wildman–Crippen MR) is 55.3 cm³/mol. The van der Waals surface area contributed by atoms with Gasteiger partial charge in [0.25, 0.3) is 0 Å². The Morgan fingerprint density at radius 1 is 1.36 bits per heavy atom. The van der Waals surface area contributed by atoms with Crippen molar-refractivity contribution in [1.82, 2.24) is 10.2 Å². The van der Waals surface area contributed by atoms with Crippen LogP contribution in [-0.2, 0) is 4.74 Å². The van der Waals surface area contributed by atoms with Gasteiger partial charge in [-0.25, -0.2) is 0 Å². The lowest BCUT2D eigenvalue weighted by molar-refractivity contribution is -0.200. The summed E-state index contributed by atoms with van der Waals surface area (Å²) in [5.74, 6) is 0. The lowest BCUT2D eigenvalue weighted by atomic mass is 9.76. The molecule has 3 fully saturated rings. The first kappa shape index (κ1) is 9.13. The van der Waals surface area contributed by atoms with E-state index in [1.54, 1.807) is 0 Å². The largest absolute Gasteiger partial charge is 0.380 e. The molecule has 14 heavy (non-hydrogen) atoms. The Hall–Kier alpha value is -0.120. The van der Waals surface area contributed by atoms with E-state index in [1.807, 2.05) is 0 Å². The van der Waals surface area contributed by atoms with Gasteiger partial charge in [-0.2, -0.15) is 0 Å². The van der Waals surface area contributed by atoms with Crippen molar-refractivity contribution in [3.05, 3.63) is 0 Å². The number of piperidine rings is 1. The van der Waals surface area contributed by atoms with Crippen LogP contribution in [0.25, 0.3) is 0 Å². The number of ether oxygens (including phenoxy) is 1. The summed E-state index contributed by atoms with van der Waals surface area (Å²) in [6.45, 7) is 8.13. The molecule has 80 valence electrons. The van der Waals surface area contributed by atoms with E-state index in [0.717, 1.165) is 19.3 Å². The van der Waals surface area contributed by atoms with Gasteiger partial charge in [-0.1, -0.05) is 0 Å². The molecular formula is C11H20N2O. The van der Waals surface area contributed by atoms with Gasteiger partial charge in [0.2, 0.25) is 0 Å². The summed E-state index contributed by atoms with van der Waals surface area (Å²) in [7, 11) is 0. The third-order valence-corrected chi connectivity index (χ3v) is 4.01. The highest BCUT2D eigenvalue weighted by atomic mass is 16.5.